The number of carbonyl (C=O) groups is 5. The van der Waals surface area contributed by atoms with Gasteiger partial charge in [-0.15, -0.1) is 0 Å². The minimum Gasteiger partial charge on any atom is -0.351 e. The molecule has 3 aliphatic heterocycles. The monoisotopic (exact) mass is 606 g/mol. The number of rotatable bonds is 7. The van der Waals surface area contributed by atoms with E-state index in [0.717, 1.165) is 46.6 Å². The highest BCUT2D eigenvalue weighted by molar-refractivity contribution is 6.23. The van der Waals surface area contributed by atoms with E-state index in [-0.39, 0.29) is 49.0 Å². The number of imide groups is 2. The number of benzene rings is 2. The lowest BCUT2D eigenvalue weighted by Gasteiger charge is -2.32. The van der Waals surface area contributed by atoms with Crippen molar-refractivity contribution in [2.75, 3.05) is 19.6 Å². The summed E-state index contributed by atoms with van der Waals surface area (Å²) >= 11 is 0. The van der Waals surface area contributed by atoms with Crippen molar-refractivity contribution in [2.24, 2.45) is 0 Å². The summed E-state index contributed by atoms with van der Waals surface area (Å²) < 4.78 is 1.94. The summed E-state index contributed by atoms with van der Waals surface area (Å²) in [5.74, 6) is -2.37. The van der Waals surface area contributed by atoms with Crippen LogP contribution in [0.5, 0.6) is 0 Å². The van der Waals surface area contributed by atoms with Gasteiger partial charge in [0, 0.05) is 31.3 Å². The quantitative estimate of drug-likeness (QED) is 0.299. The molecule has 45 heavy (non-hydrogen) atoms. The Morgan fingerprint density at radius 1 is 0.978 bits per heavy atom. The van der Waals surface area contributed by atoms with Crippen LogP contribution in [0.3, 0.4) is 0 Å². The lowest BCUT2D eigenvalue weighted by Crippen LogP contribution is -2.54. The minimum atomic E-state index is -1.02. The summed E-state index contributed by atoms with van der Waals surface area (Å²) in [6, 6.07) is 11.6. The molecular weight excluding hydrogens is 576 g/mol. The average Bonchev–Trinajstić information content (AvgIpc) is 3.63. The molecule has 7 rings (SSSR count). The standard InChI is InChI=1S/C32H30N8O5/c41-28-10-9-27(30(43)37-28)40-31(44)22-8-7-19(12-23(22)32(40)45)13-34-29(42)18-38-11-3-4-21(17-38)39-16-20(14-35-39)26-15-33-24-5-1-2-6-25(24)36-26/h1-2,5-8,12,14-16,21,27H,3-4,9-11,13,17-18H2,(H,34,42)(H,37,41,43). The van der Waals surface area contributed by atoms with E-state index >= 15 is 0 Å². The molecule has 2 atom stereocenters. The zero-order chi connectivity index (χ0) is 31.1. The minimum absolute atomic E-state index is 0.0579. The molecule has 0 radical (unpaired) electrons. The average molecular weight is 607 g/mol. The van der Waals surface area contributed by atoms with Gasteiger partial charge in [-0.3, -0.25) is 48.8 Å². The fourth-order valence-electron chi connectivity index (χ4n) is 6.24. The van der Waals surface area contributed by atoms with Gasteiger partial charge in [-0.2, -0.15) is 5.10 Å². The van der Waals surface area contributed by atoms with Crippen LogP contribution < -0.4 is 10.6 Å². The summed E-state index contributed by atoms with van der Waals surface area (Å²) in [5, 5.41) is 9.70. The molecule has 0 spiro atoms. The van der Waals surface area contributed by atoms with Crippen LogP contribution in [0.2, 0.25) is 0 Å². The third kappa shape index (κ3) is 5.57. The summed E-state index contributed by atoms with van der Waals surface area (Å²) in [5.41, 5.74) is 4.35. The predicted molar refractivity (Wildman–Crippen MR) is 160 cm³/mol. The molecule has 2 saturated heterocycles. The number of aromatic nitrogens is 4. The Morgan fingerprint density at radius 2 is 1.80 bits per heavy atom. The van der Waals surface area contributed by atoms with E-state index in [1.165, 1.54) is 0 Å². The fourth-order valence-corrected chi connectivity index (χ4v) is 6.24. The highest BCUT2D eigenvalue weighted by Crippen LogP contribution is 2.29. The largest absolute Gasteiger partial charge is 0.351 e. The first-order valence-corrected chi connectivity index (χ1v) is 14.9. The van der Waals surface area contributed by atoms with Crippen molar-refractivity contribution < 1.29 is 24.0 Å². The maximum absolute atomic E-state index is 13.1. The Kier molecular flexibility index (Phi) is 7.37. The molecule has 0 saturated carbocycles. The number of piperidine rings is 2. The molecule has 228 valence electrons. The Bertz CT molecular complexity index is 1870. The lowest BCUT2D eigenvalue weighted by molar-refractivity contribution is -0.136. The van der Waals surface area contributed by atoms with Gasteiger partial charge in [0.1, 0.15) is 6.04 Å². The number of nitrogens with zero attached hydrogens (tertiary/aromatic N) is 6. The van der Waals surface area contributed by atoms with Crippen LogP contribution >= 0.6 is 0 Å². The smallest absolute Gasteiger partial charge is 0.262 e. The molecule has 0 bridgehead atoms. The number of fused-ring (bicyclic) bond motifs is 2. The number of hydrogen-bond donors (Lipinski definition) is 2. The van der Waals surface area contributed by atoms with Crippen LogP contribution in [0.25, 0.3) is 22.3 Å². The van der Waals surface area contributed by atoms with E-state index in [4.69, 9.17) is 4.98 Å². The second kappa shape index (κ2) is 11.7. The van der Waals surface area contributed by atoms with Gasteiger partial charge in [-0.25, -0.2) is 4.98 Å². The molecule has 2 fully saturated rings. The van der Waals surface area contributed by atoms with Crippen molar-refractivity contribution in [2.45, 2.75) is 44.3 Å². The van der Waals surface area contributed by atoms with Gasteiger partial charge in [0.05, 0.1) is 52.8 Å². The molecule has 13 nitrogen and oxygen atoms in total. The number of likely N-dealkylation sites (tertiary alicyclic amines) is 1. The molecule has 0 aliphatic carbocycles. The molecule has 5 heterocycles. The summed E-state index contributed by atoms with van der Waals surface area (Å²) in [6.45, 7) is 1.86. The molecule has 13 heteroatoms. The van der Waals surface area contributed by atoms with Crippen LogP contribution in [0, 0.1) is 0 Å². The third-order valence-electron chi connectivity index (χ3n) is 8.56. The van der Waals surface area contributed by atoms with Crippen molar-refractivity contribution in [3.63, 3.8) is 0 Å². The van der Waals surface area contributed by atoms with Gasteiger partial charge in [-0.05, 0) is 55.6 Å². The van der Waals surface area contributed by atoms with Crippen LogP contribution in [0.1, 0.15) is 58.0 Å². The van der Waals surface area contributed by atoms with Gasteiger partial charge in [0.2, 0.25) is 17.7 Å². The summed E-state index contributed by atoms with van der Waals surface area (Å²) in [6.07, 6.45) is 7.55. The van der Waals surface area contributed by atoms with Crippen LogP contribution in [-0.4, -0.2) is 84.8 Å². The second-order valence-corrected chi connectivity index (χ2v) is 11.6. The number of nitrogens with one attached hydrogen (secondary N) is 2. The zero-order valence-electron chi connectivity index (χ0n) is 24.3. The van der Waals surface area contributed by atoms with E-state index in [1.807, 2.05) is 35.1 Å². The van der Waals surface area contributed by atoms with Gasteiger partial charge >= 0.3 is 0 Å². The van der Waals surface area contributed by atoms with E-state index in [9.17, 15) is 24.0 Å². The lowest BCUT2D eigenvalue weighted by atomic mass is 10.0. The molecule has 2 aromatic carbocycles. The Balaban J connectivity index is 0.947. The highest BCUT2D eigenvalue weighted by atomic mass is 16.2. The first kappa shape index (κ1) is 28.5. The molecular formula is C32H30N8O5. The SMILES string of the molecule is O=C(CN1CCCC(n2cc(-c3cnc4ccccc4n3)cn2)C1)NCc1ccc2c(c1)C(=O)N(C1CCC(=O)NC1=O)C2=O. The Morgan fingerprint density at radius 3 is 2.64 bits per heavy atom. The first-order valence-electron chi connectivity index (χ1n) is 14.9. The van der Waals surface area contributed by atoms with Gasteiger partial charge in [-0.1, -0.05) is 18.2 Å². The van der Waals surface area contributed by atoms with E-state index in [0.29, 0.717) is 12.1 Å². The number of para-hydroxylation sites is 2. The van der Waals surface area contributed by atoms with Crippen molar-refractivity contribution >= 4 is 40.6 Å². The van der Waals surface area contributed by atoms with Crippen LogP contribution in [-0.2, 0) is 20.9 Å². The highest BCUT2D eigenvalue weighted by Gasteiger charge is 2.44. The maximum Gasteiger partial charge on any atom is 0.262 e. The second-order valence-electron chi connectivity index (χ2n) is 11.6. The van der Waals surface area contributed by atoms with E-state index in [1.54, 1.807) is 30.6 Å². The normalized spacial score (nSPS) is 20.4. The number of hydrogen-bond acceptors (Lipinski definition) is 9. The van der Waals surface area contributed by atoms with E-state index in [2.05, 4.69) is 25.6 Å². The Labute approximate surface area is 257 Å². The van der Waals surface area contributed by atoms with Crippen molar-refractivity contribution in [3.05, 3.63) is 77.7 Å². The van der Waals surface area contributed by atoms with Gasteiger partial charge < -0.3 is 5.32 Å². The topological polar surface area (TPSA) is 159 Å². The molecule has 5 amide bonds. The van der Waals surface area contributed by atoms with Gasteiger partial charge in [0.25, 0.3) is 11.8 Å². The van der Waals surface area contributed by atoms with Gasteiger partial charge in [0.15, 0.2) is 0 Å². The van der Waals surface area contributed by atoms with Crippen molar-refractivity contribution in [1.82, 2.24) is 40.2 Å². The predicted octanol–water partition coefficient (Wildman–Crippen LogP) is 1.85. The first-order chi connectivity index (χ1) is 21.8. The van der Waals surface area contributed by atoms with Crippen molar-refractivity contribution in [1.29, 1.82) is 0 Å². The molecule has 2 unspecified atom stereocenters. The molecule has 4 aromatic rings. The maximum atomic E-state index is 13.1. The van der Waals surface area contributed by atoms with Crippen LogP contribution in [0.15, 0.2) is 61.1 Å². The number of carbonyl (C=O) groups excluding carboxylic acids is 5. The third-order valence-corrected chi connectivity index (χ3v) is 8.56. The van der Waals surface area contributed by atoms with E-state index < -0.39 is 29.7 Å². The molecule has 3 aliphatic rings. The molecule has 2 aromatic heterocycles. The zero-order valence-corrected chi connectivity index (χ0v) is 24.3. The Hall–Kier alpha value is -5.30. The van der Waals surface area contributed by atoms with Crippen molar-refractivity contribution in [3.8, 4) is 11.3 Å². The summed E-state index contributed by atoms with van der Waals surface area (Å²) in [7, 11) is 0. The number of amides is 5. The fraction of sp³-hybridized carbons (Fsp3) is 0.312. The van der Waals surface area contributed by atoms with Crippen LogP contribution in [0.4, 0.5) is 0 Å². The summed E-state index contributed by atoms with van der Waals surface area (Å²) in [4.78, 5) is 75.0. The molecule has 2 N–H and O–H groups in total.